The number of hydrogen-bond donors (Lipinski definition) is 4. The minimum Gasteiger partial charge on any atom is -0.371 e. The van der Waals surface area contributed by atoms with Gasteiger partial charge in [0.15, 0.2) is 17.9 Å². The topological polar surface area (TPSA) is 204 Å². The van der Waals surface area contributed by atoms with Crippen molar-refractivity contribution in [3.63, 3.8) is 0 Å². The third kappa shape index (κ3) is 7.75. The first-order chi connectivity index (χ1) is 29.0. The van der Waals surface area contributed by atoms with Crippen molar-refractivity contribution in [2.45, 2.75) is 50.5 Å². The van der Waals surface area contributed by atoms with Crippen LogP contribution >= 0.6 is 0 Å². The summed E-state index contributed by atoms with van der Waals surface area (Å²) < 4.78 is 0. The summed E-state index contributed by atoms with van der Waals surface area (Å²) in [6.45, 7) is 9.43. The number of rotatable bonds is 10. The van der Waals surface area contributed by atoms with Gasteiger partial charge in [0, 0.05) is 102 Å². The molecule has 5 saturated heterocycles. The second kappa shape index (κ2) is 16.4. The Morgan fingerprint density at radius 3 is 2.35 bits per heavy atom. The molecule has 5 amide bonds. The molecular weight excluding hydrogens is 769 g/mol. The molecule has 2 unspecified atom stereocenters. The lowest BCUT2D eigenvalue weighted by Crippen LogP contribution is -2.54. The van der Waals surface area contributed by atoms with Crippen LogP contribution in [0.25, 0.3) is 0 Å². The number of benzene rings is 2. The summed E-state index contributed by atoms with van der Waals surface area (Å²) in [7, 11) is 1.93. The van der Waals surface area contributed by atoms with Gasteiger partial charge in [-0.1, -0.05) is 0 Å². The number of hydrogen-bond acceptors (Lipinski definition) is 15. The first-order valence-electron chi connectivity index (χ1n) is 21.0. The largest absolute Gasteiger partial charge is 0.371 e. The maximum atomic E-state index is 13.4. The molecule has 2 aromatic carbocycles. The minimum absolute atomic E-state index is 0.0757. The number of imide groups is 2. The number of fused-ring (bicyclic) bond motifs is 1. The van der Waals surface area contributed by atoms with Gasteiger partial charge in [-0.05, 0) is 81.1 Å². The van der Waals surface area contributed by atoms with Gasteiger partial charge in [0.05, 0.1) is 17.3 Å². The number of nitrogens with one attached hydrogen (secondary N) is 2. The lowest BCUT2D eigenvalue weighted by Gasteiger charge is -2.39. The fourth-order valence-corrected chi connectivity index (χ4v) is 9.68. The molecule has 18 nitrogen and oxygen atoms in total. The summed E-state index contributed by atoms with van der Waals surface area (Å²) >= 11 is 0. The highest BCUT2D eigenvalue weighted by molar-refractivity contribution is 6.23. The van der Waals surface area contributed by atoms with Gasteiger partial charge in [0.2, 0.25) is 11.8 Å². The van der Waals surface area contributed by atoms with E-state index in [1.165, 1.54) is 0 Å². The monoisotopic (exact) mass is 820 g/mol. The fraction of sp³-hybridized carbons (Fsp3) is 0.500. The van der Waals surface area contributed by atoms with Gasteiger partial charge in [-0.25, -0.2) is 9.97 Å². The average Bonchev–Trinajstić information content (AvgIpc) is 3.93. The van der Waals surface area contributed by atoms with E-state index >= 15 is 0 Å². The molecule has 4 atom stereocenters. The van der Waals surface area contributed by atoms with Crippen LogP contribution < -0.4 is 31.1 Å². The summed E-state index contributed by atoms with van der Waals surface area (Å²) in [5, 5.41) is 16.2. The van der Waals surface area contributed by atoms with Crippen molar-refractivity contribution >= 4 is 58.2 Å². The second-order valence-electron chi connectivity index (χ2n) is 16.8. The summed E-state index contributed by atoms with van der Waals surface area (Å²) in [6, 6.07) is 12.6. The number of amides is 5. The number of piperazine rings is 1. The lowest BCUT2D eigenvalue weighted by atomic mass is 10.0. The summed E-state index contributed by atoms with van der Waals surface area (Å²) in [5.74, 6) is -1.22. The second-order valence-corrected chi connectivity index (χ2v) is 16.8. The molecular formula is C42H52N12O6. The van der Waals surface area contributed by atoms with Crippen LogP contribution in [-0.2, 0) is 9.59 Å². The van der Waals surface area contributed by atoms with Crippen molar-refractivity contribution in [3.05, 3.63) is 65.5 Å². The van der Waals surface area contributed by atoms with E-state index in [9.17, 15) is 29.1 Å². The Balaban J connectivity index is 0.771. The Labute approximate surface area is 348 Å². The molecule has 18 heteroatoms. The molecule has 5 N–H and O–H groups in total. The van der Waals surface area contributed by atoms with Gasteiger partial charge in [-0.15, -0.1) is 0 Å². The SMILES string of the molecule is CN1CCN([C@@H]2CCCN(c3cnc(C(N)=O)c(Nc4ccc(N5CCN(C[C@@H]6CCN(c7ccc8c(c7)C(=O)N(C7CCC(=O)NC7=O)C8=O)C6)CC5)cc4)n3)C2)C1O. The number of likely N-dealkylation sites (N-methyl/N-ethyl adjacent to an activating group) is 1. The van der Waals surface area contributed by atoms with Crippen molar-refractivity contribution in [3.8, 4) is 0 Å². The Bertz CT molecular complexity index is 2180. The van der Waals surface area contributed by atoms with Crippen LogP contribution in [0.1, 0.15) is 63.3 Å². The van der Waals surface area contributed by atoms with Crippen LogP contribution in [0.3, 0.4) is 0 Å². The normalized spacial score (nSPS) is 25.6. The van der Waals surface area contributed by atoms with Crippen molar-refractivity contribution in [1.82, 2.24) is 34.9 Å². The number of piperidine rings is 2. The van der Waals surface area contributed by atoms with Gasteiger partial charge in [0.1, 0.15) is 11.9 Å². The molecule has 9 rings (SSSR count). The number of nitrogens with zero attached hydrogens (tertiary/aromatic N) is 9. The first kappa shape index (κ1) is 39.8. The van der Waals surface area contributed by atoms with Gasteiger partial charge >= 0.3 is 0 Å². The molecule has 6 aliphatic heterocycles. The molecule has 7 heterocycles. The summed E-state index contributed by atoms with van der Waals surface area (Å²) in [5.41, 5.74) is 9.15. The number of aromatic nitrogens is 2. The number of nitrogens with two attached hydrogens (primary N) is 1. The van der Waals surface area contributed by atoms with Crippen molar-refractivity contribution in [2.24, 2.45) is 11.7 Å². The maximum Gasteiger partial charge on any atom is 0.271 e. The van der Waals surface area contributed by atoms with Crippen LogP contribution in [0.15, 0.2) is 48.7 Å². The van der Waals surface area contributed by atoms with Gasteiger partial charge in [0.25, 0.3) is 17.7 Å². The predicted molar refractivity (Wildman–Crippen MR) is 223 cm³/mol. The molecule has 0 aliphatic carbocycles. The van der Waals surface area contributed by atoms with Crippen molar-refractivity contribution < 1.29 is 29.1 Å². The van der Waals surface area contributed by atoms with Crippen molar-refractivity contribution in [1.29, 1.82) is 0 Å². The molecule has 5 fully saturated rings. The van der Waals surface area contributed by atoms with E-state index in [1.54, 1.807) is 18.3 Å². The maximum absolute atomic E-state index is 13.4. The quantitative estimate of drug-likeness (QED) is 0.210. The van der Waals surface area contributed by atoms with Crippen LogP contribution in [0.2, 0.25) is 0 Å². The Kier molecular flexibility index (Phi) is 10.9. The molecule has 60 heavy (non-hydrogen) atoms. The highest BCUT2D eigenvalue weighted by Crippen LogP contribution is 2.33. The summed E-state index contributed by atoms with van der Waals surface area (Å²) in [4.78, 5) is 86.7. The highest BCUT2D eigenvalue weighted by atomic mass is 16.3. The lowest BCUT2D eigenvalue weighted by molar-refractivity contribution is -0.136. The summed E-state index contributed by atoms with van der Waals surface area (Å²) in [6.07, 6.45) is 4.20. The molecule has 3 aromatic rings. The standard InChI is InChI=1S/C42H52N12O6/c1-48-15-20-53(42(48)60)30-3-2-13-52(25-30)34-22-44-36(37(43)56)38(46-34)45-27-4-6-28(7-5-27)50-18-16-49(17-19-50)23-26-12-14-51(24-26)29-8-9-31-32(21-29)41(59)54(40(31)58)33-10-11-35(55)47-39(33)57/h4-9,21-22,26,30,33,42,60H,2-3,10-20,23-25H2,1H3,(H2,43,56)(H,45,46)(H,47,55,57)/t26-,30+,33?,42?/m0/s1. The Morgan fingerprint density at radius 2 is 1.62 bits per heavy atom. The van der Waals surface area contributed by atoms with E-state index in [2.05, 4.69) is 52.2 Å². The Morgan fingerprint density at radius 1 is 0.850 bits per heavy atom. The van der Waals surface area contributed by atoms with E-state index in [1.807, 2.05) is 30.1 Å². The van der Waals surface area contributed by atoms with Gasteiger partial charge in [-0.2, -0.15) is 0 Å². The molecule has 1 aromatic heterocycles. The minimum atomic E-state index is -0.979. The smallest absolute Gasteiger partial charge is 0.271 e. The zero-order valence-corrected chi connectivity index (χ0v) is 33.8. The van der Waals surface area contributed by atoms with Gasteiger partial charge in [-0.3, -0.25) is 48.9 Å². The molecule has 0 spiro atoms. The zero-order valence-electron chi connectivity index (χ0n) is 33.8. The van der Waals surface area contributed by atoms with E-state index in [0.717, 1.165) is 107 Å². The third-order valence-electron chi connectivity index (χ3n) is 13.0. The molecule has 0 saturated carbocycles. The average molecular weight is 821 g/mol. The fourth-order valence-electron chi connectivity index (χ4n) is 9.68. The molecule has 0 radical (unpaired) electrons. The number of carbonyl (C=O) groups excluding carboxylic acids is 5. The number of anilines is 5. The van der Waals surface area contributed by atoms with Crippen LogP contribution in [0.4, 0.5) is 28.7 Å². The van der Waals surface area contributed by atoms with Crippen molar-refractivity contribution in [2.75, 3.05) is 99.1 Å². The Hall–Kier alpha value is -5.69. The van der Waals surface area contributed by atoms with Crippen LogP contribution in [0, 0.1) is 5.92 Å². The first-order valence-corrected chi connectivity index (χ1v) is 21.0. The van der Waals surface area contributed by atoms with E-state index < -0.39 is 41.9 Å². The van der Waals surface area contributed by atoms with E-state index in [-0.39, 0.29) is 24.6 Å². The zero-order chi connectivity index (χ0) is 41.7. The van der Waals surface area contributed by atoms with E-state index in [4.69, 9.17) is 10.7 Å². The number of primary amides is 1. The number of carbonyl (C=O) groups is 5. The van der Waals surface area contributed by atoms with Crippen LogP contribution in [-0.4, -0.2) is 162 Å². The predicted octanol–water partition coefficient (Wildman–Crippen LogP) is 0.861. The van der Waals surface area contributed by atoms with Gasteiger partial charge < -0.3 is 30.9 Å². The number of aliphatic hydroxyl groups is 1. The highest BCUT2D eigenvalue weighted by Gasteiger charge is 2.45. The molecule has 6 aliphatic rings. The molecule has 0 bridgehead atoms. The van der Waals surface area contributed by atoms with E-state index in [0.29, 0.717) is 35.2 Å². The van der Waals surface area contributed by atoms with Crippen LogP contribution in [0.5, 0.6) is 0 Å². The number of aliphatic hydroxyl groups excluding tert-OH is 1. The molecule has 316 valence electrons. The third-order valence-corrected chi connectivity index (χ3v) is 13.0.